The van der Waals surface area contributed by atoms with Gasteiger partial charge in [0, 0.05) is 18.6 Å². The standard InChI is InChI=1S/C13H18ClNO4S/c1-4-19-13(16)8-9-15(3)20(17,18)12-7-5-6-11(14)10(12)2/h5-7H,4,8-9H2,1-3H3. The van der Waals surface area contributed by atoms with Crippen molar-refractivity contribution < 1.29 is 17.9 Å². The molecule has 0 aliphatic rings. The predicted octanol–water partition coefficient (Wildman–Crippen LogP) is 2.22. The minimum absolute atomic E-state index is 0.0170. The predicted molar refractivity (Wildman–Crippen MR) is 77.3 cm³/mol. The molecule has 0 N–H and O–H groups in total. The number of benzene rings is 1. The van der Waals surface area contributed by atoms with Crippen molar-refractivity contribution in [2.75, 3.05) is 20.2 Å². The fraction of sp³-hybridized carbons (Fsp3) is 0.462. The molecule has 0 saturated heterocycles. The number of esters is 1. The highest BCUT2D eigenvalue weighted by atomic mass is 35.5. The van der Waals surface area contributed by atoms with Gasteiger partial charge in [0.15, 0.2) is 0 Å². The highest BCUT2D eigenvalue weighted by Crippen LogP contribution is 2.24. The molecule has 5 nitrogen and oxygen atoms in total. The molecule has 0 radical (unpaired) electrons. The summed E-state index contributed by atoms with van der Waals surface area (Å²) in [7, 11) is -2.24. The largest absolute Gasteiger partial charge is 0.466 e. The Hall–Kier alpha value is -1.11. The number of carbonyl (C=O) groups excluding carboxylic acids is 1. The van der Waals surface area contributed by atoms with Crippen LogP contribution in [-0.2, 0) is 19.6 Å². The van der Waals surface area contributed by atoms with Crippen LogP contribution < -0.4 is 0 Å². The first-order valence-corrected chi connectivity index (χ1v) is 7.99. The Bertz CT molecular complexity index is 586. The van der Waals surface area contributed by atoms with Crippen LogP contribution in [0.3, 0.4) is 0 Å². The van der Waals surface area contributed by atoms with Crippen LogP contribution in [0.5, 0.6) is 0 Å². The maximum absolute atomic E-state index is 12.4. The highest BCUT2D eigenvalue weighted by Gasteiger charge is 2.24. The molecule has 0 amide bonds. The molecule has 0 bridgehead atoms. The van der Waals surface area contributed by atoms with Gasteiger partial charge in [0.25, 0.3) is 0 Å². The van der Waals surface area contributed by atoms with Gasteiger partial charge in [-0.05, 0) is 31.5 Å². The summed E-state index contributed by atoms with van der Waals surface area (Å²) in [6.07, 6.45) is 0.0170. The Kier molecular flexibility index (Phi) is 5.98. The summed E-state index contributed by atoms with van der Waals surface area (Å²) < 4.78 is 30.7. The molecule has 0 heterocycles. The molecule has 1 aromatic carbocycles. The summed E-state index contributed by atoms with van der Waals surface area (Å²) in [5, 5.41) is 0.393. The minimum atomic E-state index is -3.66. The van der Waals surface area contributed by atoms with Gasteiger partial charge in [-0.1, -0.05) is 17.7 Å². The Morgan fingerprint density at radius 2 is 2.05 bits per heavy atom. The first-order chi connectivity index (χ1) is 9.30. The number of hydrogen-bond donors (Lipinski definition) is 0. The van der Waals surface area contributed by atoms with Crippen molar-refractivity contribution in [2.45, 2.75) is 25.2 Å². The van der Waals surface area contributed by atoms with E-state index in [9.17, 15) is 13.2 Å². The van der Waals surface area contributed by atoms with E-state index in [4.69, 9.17) is 16.3 Å². The number of nitrogens with zero attached hydrogens (tertiary/aromatic N) is 1. The third-order valence-electron chi connectivity index (χ3n) is 2.84. The van der Waals surface area contributed by atoms with E-state index in [0.717, 1.165) is 4.31 Å². The van der Waals surface area contributed by atoms with Crippen molar-refractivity contribution in [1.82, 2.24) is 4.31 Å². The van der Waals surface area contributed by atoms with Gasteiger partial charge in [-0.15, -0.1) is 0 Å². The molecule has 0 spiro atoms. The first-order valence-electron chi connectivity index (χ1n) is 6.17. The summed E-state index contributed by atoms with van der Waals surface area (Å²) >= 11 is 5.94. The first kappa shape index (κ1) is 16.9. The van der Waals surface area contributed by atoms with Crippen LogP contribution in [0.15, 0.2) is 23.1 Å². The van der Waals surface area contributed by atoms with Gasteiger partial charge in [0.2, 0.25) is 10.0 Å². The van der Waals surface area contributed by atoms with Crippen molar-refractivity contribution in [3.8, 4) is 0 Å². The normalized spacial score (nSPS) is 11.7. The van der Waals surface area contributed by atoms with Crippen LogP contribution in [-0.4, -0.2) is 38.9 Å². The van der Waals surface area contributed by atoms with Gasteiger partial charge in [0.1, 0.15) is 0 Å². The number of halogens is 1. The summed E-state index contributed by atoms with van der Waals surface area (Å²) in [5.74, 6) is -0.419. The van der Waals surface area contributed by atoms with Gasteiger partial charge in [-0.2, -0.15) is 0 Å². The summed E-state index contributed by atoms with van der Waals surface area (Å²) in [4.78, 5) is 11.4. The van der Waals surface area contributed by atoms with Gasteiger partial charge in [0.05, 0.1) is 17.9 Å². The molecule has 7 heteroatoms. The van der Waals surface area contributed by atoms with E-state index < -0.39 is 16.0 Å². The van der Waals surface area contributed by atoms with Crippen molar-refractivity contribution >= 4 is 27.6 Å². The van der Waals surface area contributed by atoms with Gasteiger partial charge >= 0.3 is 5.97 Å². The lowest BCUT2D eigenvalue weighted by atomic mass is 10.2. The Morgan fingerprint density at radius 3 is 2.65 bits per heavy atom. The van der Waals surface area contributed by atoms with Crippen LogP contribution in [0.25, 0.3) is 0 Å². The molecule has 1 aromatic rings. The van der Waals surface area contributed by atoms with Crippen molar-refractivity contribution in [3.05, 3.63) is 28.8 Å². The molecule has 0 saturated carbocycles. The van der Waals surface area contributed by atoms with Crippen LogP contribution in [0.4, 0.5) is 0 Å². The lowest BCUT2D eigenvalue weighted by molar-refractivity contribution is -0.143. The van der Waals surface area contributed by atoms with E-state index in [1.165, 1.54) is 13.1 Å². The minimum Gasteiger partial charge on any atom is -0.466 e. The second kappa shape index (κ2) is 7.06. The zero-order valence-corrected chi connectivity index (χ0v) is 13.3. The maximum Gasteiger partial charge on any atom is 0.307 e. The second-order valence-electron chi connectivity index (χ2n) is 4.24. The summed E-state index contributed by atoms with van der Waals surface area (Å²) in [6, 6.07) is 4.72. The van der Waals surface area contributed by atoms with E-state index in [0.29, 0.717) is 10.6 Å². The Morgan fingerprint density at radius 1 is 1.40 bits per heavy atom. The fourth-order valence-corrected chi connectivity index (χ4v) is 3.28. The van der Waals surface area contributed by atoms with E-state index in [2.05, 4.69) is 0 Å². The van der Waals surface area contributed by atoms with Crippen LogP contribution in [0, 0.1) is 6.92 Å². The van der Waals surface area contributed by atoms with Gasteiger partial charge < -0.3 is 4.74 Å². The van der Waals surface area contributed by atoms with E-state index >= 15 is 0 Å². The SMILES string of the molecule is CCOC(=O)CCN(C)S(=O)(=O)c1cccc(Cl)c1C. The molecule has 0 aliphatic carbocycles. The number of carbonyl (C=O) groups is 1. The molecular formula is C13H18ClNO4S. The third kappa shape index (κ3) is 3.94. The average Bonchev–Trinajstić information content (AvgIpc) is 2.39. The van der Waals surface area contributed by atoms with Crippen molar-refractivity contribution in [2.24, 2.45) is 0 Å². The lowest BCUT2D eigenvalue weighted by Gasteiger charge is -2.18. The summed E-state index contributed by atoms with van der Waals surface area (Å²) in [5.41, 5.74) is 0.497. The van der Waals surface area contributed by atoms with Crippen LogP contribution in [0.1, 0.15) is 18.9 Å². The van der Waals surface area contributed by atoms with Gasteiger partial charge in [-0.25, -0.2) is 12.7 Å². The fourth-order valence-electron chi connectivity index (χ4n) is 1.64. The third-order valence-corrected chi connectivity index (χ3v) is 5.25. The van der Waals surface area contributed by atoms with E-state index in [1.54, 1.807) is 26.0 Å². The lowest BCUT2D eigenvalue weighted by Crippen LogP contribution is -2.30. The zero-order chi connectivity index (χ0) is 15.3. The Balaban J connectivity index is 2.88. The number of sulfonamides is 1. The van der Waals surface area contributed by atoms with Crippen LogP contribution in [0.2, 0.25) is 5.02 Å². The average molecular weight is 320 g/mol. The molecule has 0 fully saturated rings. The van der Waals surface area contributed by atoms with Crippen molar-refractivity contribution in [3.63, 3.8) is 0 Å². The molecule has 0 aromatic heterocycles. The quantitative estimate of drug-likeness (QED) is 0.754. The number of ether oxygens (including phenoxy) is 1. The molecule has 0 unspecified atom stereocenters. The molecule has 112 valence electrons. The second-order valence-corrected chi connectivity index (χ2v) is 6.67. The monoisotopic (exact) mass is 319 g/mol. The number of hydrogen-bond acceptors (Lipinski definition) is 4. The number of rotatable bonds is 6. The molecule has 20 heavy (non-hydrogen) atoms. The van der Waals surface area contributed by atoms with Crippen LogP contribution >= 0.6 is 11.6 Å². The maximum atomic E-state index is 12.4. The van der Waals surface area contributed by atoms with Gasteiger partial charge in [-0.3, -0.25) is 4.79 Å². The molecular weight excluding hydrogens is 302 g/mol. The Labute approximate surface area is 124 Å². The zero-order valence-electron chi connectivity index (χ0n) is 11.7. The molecule has 1 rings (SSSR count). The smallest absolute Gasteiger partial charge is 0.307 e. The van der Waals surface area contributed by atoms with Crippen molar-refractivity contribution in [1.29, 1.82) is 0 Å². The molecule has 0 atom stereocenters. The summed E-state index contributed by atoms with van der Waals surface area (Å²) in [6.45, 7) is 3.69. The molecule has 0 aliphatic heterocycles. The van der Waals surface area contributed by atoms with E-state index in [1.807, 2.05) is 0 Å². The highest BCUT2D eigenvalue weighted by molar-refractivity contribution is 7.89. The van der Waals surface area contributed by atoms with E-state index in [-0.39, 0.29) is 24.5 Å². The topological polar surface area (TPSA) is 63.7 Å².